The van der Waals surface area contributed by atoms with Crippen LogP contribution >= 0.6 is 0 Å². The highest BCUT2D eigenvalue weighted by Gasteiger charge is 2.10. The lowest BCUT2D eigenvalue weighted by atomic mass is 10.0. The summed E-state index contributed by atoms with van der Waals surface area (Å²) >= 11 is 0. The second kappa shape index (κ2) is 7.33. The average Bonchev–Trinajstić information content (AvgIpc) is 2.64. The number of nitrogens with zero attached hydrogens (tertiary/aromatic N) is 2. The molecule has 2 aromatic carbocycles. The predicted octanol–water partition coefficient (Wildman–Crippen LogP) is 3.57. The van der Waals surface area contributed by atoms with Crippen LogP contribution in [0.2, 0.25) is 0 Å². The third kappa shape index (κ3) is 3.55. The van der Waals surface area contributed by atoms with Gasteiger partial charge < -0.3 is 0 Å². The number of amides is 1. The minimum atomic E-state index is -0.226. The molecule has 0 spiro atoms. The van der Waals surface area contributed by atoms with Crippen molar-refractivity contribution >= 4 is 11.6 Å². The molecule has 1 N–H and O–H groups in total. The summed E-state index contributed by atoms with van der Waals surface area (Å²) in [5.41, 5.74) is 6.70. The molecule has 0 unspecified atom stereocenters. The van der Waals surface area contributed by atoms with Crippen LogP contribution in [0.15, 0.2) is 84.2 Å². The summed E-state index contributed by atoms with van der Waals surface area (Å²) in [6.07, 6.45) is 3.41. The molecule has 0 aliphatic heterocycles. The molecule has 0 saturated carbocycles. The second-order valence-electron chi connectivity index (χ2n) is 5.32. The Labute approximate surface area is 140 Å². The van der Waals surface area contributed by atoms with E-state index in [1.54, 1.807) is 18.5 Å². The van der Waals surface area contributed by atoms with Gasteiger partial charge >= 0.3 is 0 Å². The van der Waals surface area contributed by atoms with E-state index in [2.05, 4.69) is 15.5 Å². The summed E-state index contributed by atoms with van der Waals surface area (Å²) in [6, 6.07) is 20.9. The third-order valence-corrected chi connectivity index (χ3v) is 3.66. The van der Waals surface area contributed by atoms with Crippen molar-refractivity contribution in [3.63, 3.8) is 0 Å². The van der Waals surface area contributed by atoms with Gasteiger partial charge in [-0.3, -0.25) is 9.78 Å². The first-order chi connectivity index (χ1) is 11.8. The van der Waals surface area contributed by atoms with Crippen LogP contribution in [-0.2, 0) is 0 Å². The average molecular weight is 315 g/mol. The number of benzene rings is 2. The van der Waals surface area contributed by atoms with E-state index in [1.165, 1.54) is 0 Å². The zero-order chi connectivity index (χ0) is 16.8. The molecule has 0 atom stereocenters. The van der Waals surface area contributed by atoms with Crippen LogP contribution in [0, 0.1) is 6.92 Å². The van der Waals surface area contributed by atoms with Crippen LogP contribution < -0.4 is 5.43 Å². The highest BCUT2D eigenvalue weighted by molar-refractivity contribution is 6.13. The lowest BCUT2D eigenvalue weighted by Gasteiger charge is -2.08. The van der Waals surface area contributed by atoms with E-state index in [-0.39, 0.29) is 5.91 Å². The monoisotopic (exact) mass is 315 g/mol. The Morgan fingerprint density at radius 3 is 2.21 bits per heavy atom. The summed E-state index contributed by atoms with van der Waals surface area (Å²) in [5.74, 6) is -0.226. The summed E-state index contributed by atoms with van der Waals surface area (Å²) in [5, 5.41) is 4.37. The summed E-state index contributed by atoms with van der Waals surface area (Å²) in [4.78, 5) is 16.4. The molecule has 3 rings (SSSR count). The van der Waals surface area contributed by atoms with Gasteiger partial charge in [-0.15, -0.1) is 0 Å². The SMILES string of the molecule is Cc1ccccc1C(=O)N/N=C(\c1ccccc1)c1ccncc1. The van der Waals surface area contributed by atoms with Crippen LogP contribution in [0.5, 0.6) is 0 Å². The molecule has 1 heterocycles. The second-order valence-corrected chi connectivity index (χ2v) is 5.32. The van der Waals surface area contributed by atoms with Crippen molar-refractivity contribution < 1.29 is 4.79 Å². The molecule has 4 heteroatoms. The Morgan fingerprint density at radius 1 is 0.875 bits per heavy atom. The number of hydrogen-bond donors (Lipinski definition) is 1. The molecule has 1 amide bonds. The number of rotatable bonds is 4. The van der Waals surface area contributed by atoms with Crippen LogP contribution in [0.4, 0.5) is 0 Å². The van der Waals surface area contributed by atoms with Gasteiger partial charge in [-0.1, -0.05) is 48.5 Å². The molecular formula is C20H17N3O. The molecule has 3 aromatic rings. The first-order valence-corrected chi connectivity index (χ1v) is 7.65. The van der Waals surface area contributed by atoms with Crippen molar-refractivity contribution in [2.45, 2.75) is 6.92 Å². The first-order valence-electron chi connectivity index (χ1n) is 7.65. The molecule has 24 heavy (non-hydrogen) atoms. The van der Waals surface area contributed by atoms with Crippen molar-refractivity contribution in [1.29, 1.82) is 0 Å². The van der Waals surface area contributed by atoms with Crippen molar-refractivity contribution in [2.75, 3.05) is 0 Å². The van der Waals surface area contributed by atoms with Gasteiger partial charge in [-0.25, -0.2) is 5.43 Å². The van der Waals surface area contributed by atoms with Crippen LogP contribution in [0.1, 0.15) is 27.0 Å². The Bertz CT molecular complexity index is 817. The van der Waals surface area contributed by atoms with Crippen LogP contribution in [0.25, 0.3) is 0 Å². The fourth-order valence-electron chi connectivity index (χ4n) is 2.40. The molecule has 0 aliphatic rings. The van der Waals surface area contributed by atoms with Crippen molar-refractivity contribution in [1.82, 2.24) is 10.4 Å². The van der Waals surface area contributed by atoms with Gasteiger partial charge in [0.25, 0.3) is 5.91 Å². The molecule has 1 aromatic heterocycles. The van der Waals surface area contributed by atoms with Gasteiger partial charge in [-0.05, 0) is 30.7 Å². The van der Waals surface area contributed by atoms with E-state index < -0.39 is 0 Å². The number of nitrogens with one attached hydrogen (secondary N) is 1. The van der Waals surface area contributed by atoms with Crippen LogP contribution in [0.3, 0.4) is 0 Å². The highest BCUT2D eigenvalue weighted by atomic mass is 16.2. The van der Waals surface area contributed by atoms with Crippen molar-refractivity contribution in [3.8, 4) is 0 Å². The number of hydrazone groups is 1. The molecule has 0 fully saturated rings. The Hall–Kier alpha value is -3.27. The van der Waals surface area contributed by atoms with Crippen molar-refractivity contribution in [2.24, 2.45) is 5.10 Å². The Kier molecular flexibility index (Phi) is 4.77. The van der Waals surface area contributed by atoms with Gasteiger partial charge in [0.15, 0.2) is 0 Å². The molecule has 0 aliphatic carbocycles. The molecule has 0 saturated heterocycles. The van der Waals surface area contributed by atoms with Crippen molar-refractivity contribution in [3.05, 3.63) is 101 Å². The molecule has 0 bridgehead atoms. The maximum atomic E-state index is 12.4. The third-order valence-electron chi connectivity index (χ3n) is 3.66. The standard InChI is InChI=1S/C20H17N3O/c1-15-7-5-6-10-18(15)20(24)23-22-19(16-8-3-2-4-9-16)17-11-13-21-14-12-17/h2-14H,1H3,(H,23,24)/b22-19+. The first kappa shape index (κ1) is 15.6. The summed E-state index contributed by atoms with van der Waals surface area (Å²) in [7, 11) is 0. The number of pyridine rings is 1. The number of aryl methyl sites for hydroxylation is 1. The lowest BCUT2D eigenvalue weighted by Crippen LogP contribution is -2.21. The van der Waals surface area contributed by atoms with Gasteiger partial charge in [0.1, 0.15) is 0 Å². The topological polar surface area (TPSA) is 54.4 Å². The smallest absolute Gasteiger partial charge is 0.267 e. The van der Waals surface area contributed by atoms with Gasteiger partial charge in [-0.2, -0.15) is 5.10 Å². The summed E-state index contributed by atoms with van der Waals surface area (Å²) in [6.45, 7) is 1.90. The fraction of sp³-hybridized carbons (Fsp3) is 0.0500. The largest absolute Gasteiger partial charge is 0.271 e. The zero-order valence-corrected chi connectivity index (χ0v) is 13.3. The minimum Gasteiger partial charge on any atom is -0.267 e. The maximum absolute atomic E-state index is 12.4. The van der Waals surface area contributed by atoms with E-state index in [0.717, 1.165) is 16.7 Å². The number of aromatic nitrogens is 1. The van der Waals surface area contributed by atoms with Crippen LogP contribution in [-0.4, -0.2) is 16.6 Å². The molecule has 118 valence electrons. The number of hydrogen-bond acceptors (Lipinski definition) is 3. The fourth-order valence-corrected chi connectivity index (χ4v) is 2.40. The number of carbonyl (C=O) groups excluding carboxylic acids is 1. The zero-order valence-electron chi connectivity index (χ0n) is 13.3. The summed E-state index contributed by atoms with van der Waals surface area (Å²) < 4.78 is 0. The van der Waals surface area contributed by atoms with E-state index in [9.17, 15) is 4.79 Å². The van der Waals surface area contributed by atoms with E-state index in [1.807, 2.05) is 67.6 Å². The molecule has 4 nitrogen and oxygen atoms in total. The Morgan fingerprint density at radius 2 is 1.50 bits per heavy atom. The van der Waals surface area contributed by atoms with E-state index in [0.29, 0.717) is 11.3 Å². The normalized spacial score (nSPS) is 11.1. The number of carbonyl (C=O) groups is 1. The quantitative estimate of drug-likeness (QED) is 0.591. The van der Waals surface area contributed by atoms with E-state index >= 15 is 0 Å². The van der Waals surface area contributed by atoms with Gasteiger partial charge in [0.2, 0.25) is 0 Å². The maximum Gasteiger partial charge on any atom is 0.271 e. The minimum absolute atomic E-state index is 0.226. The Balaban J connectivity index is 1.93. The van der Waals surface area contributed by atoms with E-state index in [4.69, 9.17) is 0 Å². The van der Waals surface area contributed by atoms with Gasteiger partial charge in [0.05, 0.1) is 5.71 Å². The predicted molar refractivity (Wildman–Crippen MR) is 95.0 cm³/mol. The molecule has 0 radical (unpaired) electrons. The highest BCUT2D eigenvalue weighted by Crippen LogP contribution is 2.11. The lowest BCUT2D eigenvalue weighted by molar-refractivity contribution is 0.0954. The van der Waals surface area contributed by atoms with Gasteiger partial charge in [0, 0.05) is 29.1 Å². The molecular weight excluding hydrogens is 298 g/mol.